The summed E-state index contributed by atoms with van der Waals surface area (Å²) >= 11 is -1.23. The van der Waals surface area contributed by atoms with E-state index in [1.807, 2.05) is 0 Å². The van der Waals surface area contributed by atoms with Gasteiger partial charge in [-0.15, -0.1) is 0 Å². The van der Waals surface area contributed by atoms with Gasteiger partial charge >= 0.3 is 14.1 Å². The number of hydrogen-bond donors (Lipinski definition) is 0. The van der Waals surface area contributed by atoms with Gasteiger partial charge in [-0.2, -0.15) is 0 Å². The maximum atomic E-state index is 2.32. The molecular weight excluding hydrogens is 243 g/mol. The van der Waals surface area contributed by atoms with Crippen LogP contribution in [0.15, 0.2) is 78.9 Å². The fraction of sp³-hybridized carbons (Fsp3) is 0. The van der Waals surface area contributed by atoms with E-state index in [0.29, 0.717) is 0 Å². The van der Waals surface area contributed by atoms with Gasteiger partial charge in [-0.3, -0.25) is 0 Å². The van der Waals surface area contributed by atoms with Crippen molar-refractivity contribution in [3.8, 4) is 11.1 Å². The van der Waals surface area contributed by atoms with E-state index in [-0.39, 0.29) is 0 Å². The molecule has 0 bridgehead atoms. The number of rotatable bonds is 1. The summed E-state index contributed by atoms with van der Waals surface area (Å²) in [4.78, 5) is 0. The molecule has 1 aliphatic heterocycles. The molecule has 0 atom stereocenters. The van der Waals surface area contributed by atoms with E-state index in [2.05, 4.69) is 78.9 Å². The second-order valence-electron chi connectivity index (χ2n) is 5.02. The third kappa shape index (κ3) is 1.67. The van der Waals surface area contributed by atoms with Crippen LogP contribution in [0.5, 0.6) is 0 Å². The zero-order valence-corrected chi connectivity index (χ0v) is 11.7. The number of fused-ring (bicyclic) bond motifs is 3. The lowest BCUT2D eigenvalue weighted by Crippen LogP contribution is -2.48. The Kier molecular flexibility index (Phi) is 2.55. The summed E-state index contributed by atoms with van der Waals surface area (Å²) in [6.07, 6.45) is 0. The van der Waals surface area contributed by atoms with Crippen LogP contribution in [0.25, 0.3) is 11.1 Å². The lowest BCUT2D eigenvalue weighted by molar-refractivity contribution is 1.71. The Morgan fingerprint density at radius 3 is 1.53 bits per heavy atom. The third-order valence-corrected chi connectivity index (χ3v) is 7.27. The fourth-order valence-electron chi connectivity index (χ4n) is 3.16. The predicted octanol–water partition coefficient (Wildman–Crippen LogP) is 2.18. The van der Waals surface area contributed by atoms with Crippen molar-refractivity contribution in [1.82, 2.24) is 0 Å². The van der Waals surface area contributed by atoms with E-state index in [0.717, 1.165) is 0 Å². The summed E-state index contributed by atoms with van der Waals surface area (Å²) in [5.41, 5.74) is 2.89. The fourth-order valence-corrected chi connectivity index (χ4v) is 6.55. The quantitative estimate of drug-likeness (QED) is 0.458. The highest BCUT2D eigenvalue weighted by Gasteiger charge is 2.34. The largest absolute Gasteiger partial charge is 0.385 e. The molecule has 0 nitrogen and oxygen atoms in total. The van der Waals surface area contributed by atoms with Crippen molar-refractivity contribution in [2.45, 2.75) is 0 Å². The first kappa shape index (κ1) is 11.1. The van der Waals surface area contributed by atoms with Crippen LogP contribution in [-0.2, 0) is 0 Å². The minimum Gasteiger partial charge on any atom is -0.0985 e. The Labute approximate surface area is 117 Å². The molecule has 0 aromatic heterocycles. The second kappa shape index (κ2) is 4.39. The van der Waals surface area contributed by atoms with Crippen molar-refractivity contribution in [2.24, 2.45) is 0 Å². The van der Waals surface area contributed by atoms with Crippen LogP contribution in [0.1, 0.15) is 0 Å². The van der Waals surface area contributed by atoms with Crippen molar-refractivity contribution in [3.63, 3.8) is 0 Å². The summed E-state index contributed by atoms with van der Waals surface area (Å²) in [6, 6.07) is 28.8. The second-order valence-corrected chi connectivity index (χ2v) is 7.79. The molecule has 0 radical (unpaired) electrons. The Bertz CT molecular complexity index is 686. The van der Waals surface area contributed by atoms with Gasteiger partial charge in [0.1, 0.15) is 0 Å². The molecule has 1 heterocycles. The zero-order chi connectivity index (χ0) is 12.7. The Balaban J connectivity index is 2.02. The molecule has 0 N–H and O–H groups in total. The molecule has 0 spiro atoms. The molecule has 3 aromatic rings. The third-order valence-electron chi connectivity index (χ3n) is 3.97. The molecule has 4 rings (SSSR count). The van der Waals surface area contributed by atoms with Gasteiger partial charge in [0.2, 0.25) is 0 Å². The van der Waals surface area contributed by atoms with E-state index in [1.54, 1.807) is 8.85 Å². The van der Waals surface area contributed by atoms with Crippen LogP contribution in [0, 0.1) is 0 Å². The van der Waals surface area contributed by atoms with Gasteiger partial charge in [0, 0.05) is 0 Å². The summed E-state index contributed by atoms with van der Waals surface area (Å²) in [7, 11) is 0. The zero-order valence-electron chi connectivity index (χ0n) is 10.6. The SMILES string of the molecule is c1cc[c]([Al]2[c]3ccccc3-c3cccc[c]32)cc1. The van der Waals surface area contributed by atoms with Gasteiger partial charge in [0.15, 0.2) is 0 Å². The van der Waals surface area contributed by atoms with E-state index >= 15 is 0 Å². The first-order chi connectivity index (χ1) is 9.45. The molecule has 0 fully saturated rings. The van der Waals surface area contributed by atoms with E-state index in [9.17, 15) is 0 Å². The molecule has 0 unspecified atom stereocenters. The average molecular weight is 256 g/mol. The Morgan fingerprint density at radius 2 is 0.947 bits per heavy atom. The van der Waals surface area contributed by atoms with E-state index in [1.165, 1.54) is 15.6 Å². The van der Waals surface area contributed by atoms with Crippen LogP contribution in [-0.4, -0.2) is 14.1 Å². The van der Waals surface area contributed by atoms with Gasteiger partial charge in [-0.25, -0.2) is 0 Å². The number of benzene rings is 3. The van der Waals surface area contributed by atoms with E-state index < -0.39 is 14.1 Å². The van der Waals surface area contributed by atoms with E-state index in [4.69, 9.17) is 0 Å². The van der Waals surface area contributed by atoms with Crippen LogP contribution in [0.4, 0.5) is 0 Å². The highest BCUT2D eigenvalue weighted by Crippen LogP contribution is 2.22. The van der Waals surface area contributed by atoms with Gasteiger partial charge in [-0.1, -0.05) is 92.1 Å². The first-order valence-corrected chi connectivity index (χ1v) is 8.41. The molecule has 3 aromatic carbocycles. The van der Waals surface area contributed by atoms with Gasteiger partial charge < -0.3 is 0 Å². The monoisotopic (exact) mass is 256 g/mol. The average Bonchev–Trinajstić information content (AvgIpc) is 2.83. The molecule has 19 heavy (non-hydrogen) atoms. The van der Waals surface area contributed by atoms with Crippen LogP contribution >= 0.6 is 0 Å². The molecule has 0 amide bonds. The summed E-state index contributed by atoms with van der Waals surface area (Å²) in [5, 5.41) is 0. The molecular formula is C18H13Al. The standard InChI is InChI=1S/C12H8.C6H5.Al/c1-3-7-11(8-4-1)12-9-5-2-6-10-12;1-2-4-6-5-3-1;/h1-7,9H;1-5H;. The summed E-state index contributed by atoms with van der Waals surface area (Å²) in [6.45, 7) is 0. The molecule has 0 saturated carbocycles. The first-order valence-electron chi connectivity index (χ1n) is 6.68. The lowest BCUT2D eigenvalue weighted by Gasteiger charge is -2.08. The minimum absolute atomic E-state index is 1.23. The molecule has 1 aliphatic rings. The molecule has 0 saturated heterocycles. The normalized spacial score (nSPS) is 12.1. The lowest BCUT2D eigenvalue weighted by atomic mass is 10.1. The maximum Gasteiger partial charge on any atom is 0.385 e. The number of hydrogen-bond acceptors (Lipinski definition) is 0. The van der Waals surface area contributed by atoms with Gasteiger partial charge in [0.05, 0.1) is 0 Å². The molecule has 88 valence electrons. The highest BCUT2D eigenvalue weighted by atomic mass is 27.2. The maximum absolute atomic E-state index is 2.32. The summed E-state index contributed by atoms with van der Waals surface area (Å²) in [5.74, 6) is 0. The summed E-state index contributed by atoms with van der Waals surface area (Å²) < 4.78 is 4.64. The molecule has 0 aliphatic carbocycles. The van der Waals surface area contributed by atoms with Crippen molar-refractivity contribution in [2.75, 3.05) is 0 Å². The highest BCUT2D eigenvalue weighted by molar-refractivity contribution is 6.99. The van der Waals surface area contributed by atoms with Crippen molar-refractivity contribution in [1.29, 1.82) is 0 Å². The van der Waals surface area contributed by atoms with Gasteiger partial charge in [0.25, 0.3) is 0 Å². The van der Waals surface area contributed by atoms with Crippen LogP contribution < -0.4 is 13.3 Å². The Hall–Kier alpha value is -1.81. The van der Waals surface area contributed by atoms with Crippen LogP contribution in [0.2, 0.25) is 0 Å². The van der Waals surface area contributed by atoms with Gasteiger partial charge in [-0.05, 0) is 11.1 Å². The Morgan fingerprint density at radius 1 is 0.474 bits per heavy atom. The van der Waals surface area contributed by atoms with Crippen molar-refractivity contribution in [3.05, 3.63) is 78.9 Å². The van der Waals surface area contributed by atoms with Crippen LogP contribution in [0.3, 0.4) is 0 Å². The topological polar surface area (TPSA) is 0 Å². The smallest absolute Gasteiger partial charge is 0.0985 e. The predicted molar refractivity (Wildman–Crippen MR) is 83.0 cm³/mol. The van der Waals surface area contributed by atoms with Crippen molar-refractivity contribution >= 4 is 27.4 Å². The molecule has 1 heteroatoms. The van der Waals surface area contributed by atoms with Crippen molar-refractivity contribution < 1.29 is 0 Å². The minimum atomic E-state index is -1.23.